The van der Waals surface area contributed by atoms with E-state index in [2.05, 4.69) is 15.6 Å². The molecule has 2 aromatic carbocycles. The predicted molar refractivity (Wildman–Crippen MR) is 127 cm³/mol. The minimum atomic E-state index is -0.333. The molecule has 2 heterocycles. The third-order valence-electron chi connectivity index (χ3n) is 4.93. The van der Waals surface area contributed by atoms with E-state index < -0.39 is 0 Å². The molecule has 0 saturated heterocycles. The second kappa shape index (κ2) is 10.8. The highest BCUT2D eigenvalue weighted by molar-refractivity contribution is 7.98. The molecule has 4 aromatic rings. The lowest BCUT2D eigenvalue weighted by molar-refractivity contribution is -0.120. The summed E-state index contributed by atoms with van der Waals surface area (Å²) in [4.78, 5) is 29.9. The second-order valence-electron chi connectivity index (χ2n) is 7.42. The maximum Gasteiger partial charge on any atom is 0.251 e. The zero-order chi connectivity index (χ0) is 23.0. The van der Waals surface area contributed by atoms with Crippen LogP contribution in [0.15, 0.2) is 84.0 Å². The Morgan fingerprint density at radius 2 is 1.70 bits per heavy atom. The SMILES string of the molecule is O=C(Cc1ccc(F)cc1)NCCNC(=O)c1ccc(SCc2cn3ccccc3n2)cc1. The van der Waals surface area contributed by atoms with Crippen LogP contribution in [0.25, 0.3) is 5.65 Å². The molecule has 2 N–H and O–H groups in total. The third kappa shape index (κ3) is 6.43. The van der Waals surface area contributed by atoms with E-state index in [1.54, 1.807) is 36.0 Å². The molecule has 33 heavy (non-hydrogen) atoms. The maximum atomic E-state index is 12.9. The number of nitrogens with one attached hydrogen (secondary N) is 2. The Labute approximate surface area is 195 Å². The van der Waals surface area contributed by atoms with Crippen LogP contribution in [0, 0.1) is 5.82 Å². The molecular weight excluding hydrogens is 439 g/mol. The number of fused-ring (bicyclic) bond motifs is 1. The number of benzene rings is 2. The molecule has 2 amide bonds. The van der Waals surface area contributed by atoms with Gasteiger partial charge in [0.05, 0.1) is 12.1 Å². The van der Waals surface area contributed by atoms with Crippen LogP contribution in [0.5, 0.6) is 0 Å². The van der Waals surface area contributed by atoms with Crippen molar-refractivity contribution < 1.29 is 14.0 Å². The van der Waals surface area contributed by atoms with Crippen molar-refractivity contribution in [1.82, 2.24) is 20.0 Å². The quantitative estimate of drug-likeness (QED) is 0.293. The predicted octanol–water partition coefficient (Wildman–Crippen LogP) is 3.85. The van der Waals surface area contributed by atoms with Gasteiger partial charge in [-0.25, -0.2) is 9.37 Å². The van der Waals surface area contributed by atoms with Crippen LogP contribution in [0.2, 0.25) is 0 Å². The van der Waals surface area contributed by atoms with Gasteiger partial charge in [0.2, 0.25) is 5.91 Å². The van der Waals surface area contributed by atoms with Gasteiger partial charge in [0.1, 0.15) is 11.5 Å². The lowest BCUT2D eigenvalue weighted by Gasteiger charge is -2.08. The normalized spacial score (nSPS) is 10.8. The average Bonchev–Trinajstić information content (AvgIpc) is 3.25. The standard InChI is InChI=1S/C25H23FN4O2S/c26-20-8-4-18(5-9-20)15-24(31)27-12-13-28-25(32)19-6-10-22(11-7-19)33-17-21-16-30-14-2-1-3-23(30)29-21/h1-11,14,16H,12-13,15,17H2,(H,27,31)(H,28,32). The van der Waals surface area contributed by atoms with Crippen LogP contribution in [-0.4, -0.2) is 34.3 Å². The van der Waals surface area contributed by atoms with Gasteiger partial charge in [-0.1, -0.05) is 18.2 Å². The molecule has 0 aliphatic heterocycles. The van der Waals surface area contributed by atoms with E-state index in [0.717, 1.165) is 27.6 Å². The van der Waals surface area contributed by atoms with Gasteiger partial charge in [0.15, 0.2) is 0 Å². The van der Waals surface area contributed by atoms with Gasteiger partial charge in [-0.3, -0.25) is 9.59 Å². The van der Waals surface area contributed by atoms with Crippen molar-refractivity contribution in [2.75, 3.05) is 13.1 Å². The smallest absolute Gasteiger partial charge is 0.251 e. The highest BCUT2D eigenvalue weighted by Gasteiger charge is 2.07. The summed E-state index contributed by atoms with van der Waals surface area (Å²) >= 11 is 1.66. The topological polar surface area (TPSA) is 75.5 Å². The summed E-state index contributed by atoms with van der Waals surface area (Å²) in [6, 6.07) is 19.1. The first-order valence-corrected chi connectivity index (χ1v) is 11.5. The number of amides is 2. The van der Waals surface area contributed by atoms with Crippen molar-refractivity contribution in [1.29, 1.82) is 0 Å². The summed E-state index contributed by atoms with van der Waals surface area (Å²) in [6.45, 7) is 0.636. The third-order valence-corrected chi connectivity index (χ3v) is 5.97. The Kier molecular flexibility index (Phi) is 7.36. The summed E-state index contributed by atoms with van der Waals surface area (Å²) in [7, 11) is 0. The number of halogens is 1. The van der Waals surface area contributed by atoms with E-state index in [4.69, 9.17) is 0 Å². The summed E-state index contributed by atoms with van der Waals surface area (Å²) in [5.41, 5.74) is 3.21. The average molecular weight is 463 g/mol. The Hall–Kier alpha value is -3.65. The van der Waals surface area contributed by atoms with Crippen LogP contribution in [-0.2, 0) is 17.0 Å². The number of nitrogens with zero attached hydrogens (tertiary/aromatic N) is 2. The van der Waals surface area contributed by atoms with Crippen LogP contribution < -0.4 is 10.6 Å². The Morgan fingerprint density at radius 1 is 0.939 bits per heavy atom. The van der Waals surface area contributed by atoms with Crippen molar-refractivity contribution >= 4 is 29.2 Å². The van der Waals surface area contributed by atoms with Gasteiger partial charge in [-0.05, 0) is 54.1 Å². The van der Waals surface area contributed by atoms with Crippen molar-refractivity contribution in [3.8, 4) is 0 Å². The van der Waals surface area contributed by atoms with Crippen molar-refractivity contribution in [2.45, 2.75) is 17.1 Å². The van der Waals surface area contributed by atoms with E-state index in [9.17, 15) is 14.0 Å². The molecule has 0 unspecified atom stereocenters. The van der Waals surface area contributed by atoms with Crippen molar-refractivity contribution in [3.63, 3.8) is 0 Å². The molecule has 0 radical (unpaired) electrons. The minimum absolute atomic E-state index is 0.169. The molecular formula is C25H23FN4O2S. The Bertz CT molecular complexity index is 1210. The second-order valence-corrected chi connectivity index (χ2v) is 8.47. The van der Waals surface area contributed by atoms with E-state index in [1.807, 2.05) is 47.1 Å². The molecule has 0 fully saturated rings. The molecule has 0 atom stereocenters. The number of hydrogen-bond donors (Lipinski definition) is 2. The highest BCUT2D eigenvalue weighted by atomic mass is 32.2. The lowest BCUT2D eigenvalue weighted by Crippen LogP contribution is -2.35. The van der Waals surface area contributed by atoms with Crippen LogP contribution >= 0.6 is 11.8 Å². The first kappa shape index (κ1) is 22.5. The molecule has 0 saturated carbocycles. The summed E-state index contributed by atoms with van der Waals surface area (Å²) in [5.74, 6) is 0.0352. The Balaban J connectivity index is 1.18. The minimum Gasteiger partial charge on any atom is -0.354 e. The molecule has 0 aliphatic carbocycles. The lowest BCUT2D eigenvalue weighted by atomic mass is 10.1. The zero-order valence-electron chi connectivity index (χ0n) is 17.8. The van der Waals surface area contributed by atoms with Crippen molar-refractivity contribution in [2.24, 2.45) is 0 Å². The van der Waals surface area contributed by atoms with Gasteiger partial charge in [-0.2, -0.15) is 0 Å². The molecule has 2 aromatic heterocycles. The monoisotopic (exact) mass is 462 g/mol. The van der Waals surface area contributed by atoms with E-state index in [-0.39, 0.29) is 24.1 Å². The number of aromatic nitrogens is 2. The molecule has 0 spiro atoms. The highest BCUT2D eigenvalue weighted by Crippen LogP contribution is 2.23. The van der Waals surface area contributed by atoms with Gasteiger partial charge >= 0.3 is 0 Å². The van der Waals surface area contributed by atoms with E-state index in [0.29, 0.717) is 18.7 Å². The van der Waals surface area contributed by atoms with Crippen LogP contribution in [0.1, 0.15) is 21.6 Å². The van der Waals surface area contributed by atoms with Gasteiger partial charge < -0.3 is 15.0 Å². The fourth-order valence-corrected chi connectivity index (χ4v) is 4.03. The van der Waals surface area contributed by atoms with Crippen LogP contribution in [0.3, 0.4) is 0 Å². The number of carbonyl (C=O) groups is 2. The first-order valence-electron chi connectivity index (χ1n) is 10.5. The largest absolute Gasteiger partial charge is 0.354 e. The number of imidazole rings is 1. The number of hydrogen-bond acceptors (Lipinski definition) is 4. The molecule has 8 heteroatoms. The van der Waals surface area contributed by atoms with Gasteiger partial charge in [0, 0.05) is 41.7 Å². The zero-order valence-corrected chi connectivity index (χ0v) is 18.6. The summed E-state index contributed by atoms with van der Waals surface area (Å²) in [5, 5.41) is 5.54. The van der Waals surface area contributed by atoms with Crippen LogP contribution in [0.4, 0.5) is 4.39 Å². The maximum absolute atomic E-state index is 12.9. The molecule has 0 aliphatic rings. The first-order chi connectivity index (χ1) is 16.1. The van der Waals surface area contributed by atoms with Gasteiger partial charge in [0.25, 0.3) is 5.91 Å². The molecule has 168 valence electrons. The molecule has 4 rings (SSSR count). The summed E-state index contributed by atoms with van der Waals surface area (Å²) in [6.07, 6.45) is 4.16. The van der Waals surface area contributed by atoms with Crippen molar-refractivity contribution in [3.05, 3.63) is 102 Å². The number of thioether (sulfide) groups is 1. The summed E-state index contributed by atoms with van der Waals surface area (Å²) < 4.78 is 14.9. The molecule has 6 nitrogen and oxygen atoms in total. The fourth-order valence-electron chi connectivity index (χ4n) is 3.25. The van der Waals surface area contributed by atoms with E-state index in [1.165, 1.54) is 12.1 Å². The van der Waals surface area contributed by atoms with Gasteiger partial charge in [-0.15, -0.1) is 11.8 Å². The fraction of sp³-hybridized carbons (Fsp3) is 0.160. The number of carbonyl (C=O) groups excluding carboxylic acids is 2. The number of pyridine rings is 1. The number of rotatable bonds is 9. The Morgan fingerprint density at radius 3 is 2.45 bits per heavy atom. The van der Waals surface area contributed by atoms with E-state index >= 15 is 0 Å². The molecule has 0 bridgehead atoms.